The highest BCUT2D eigenvalue weighted by Crippen LogP contribution is 2.23. The van der Waals surface area contributed by atoms with Crippen molar-refractivity contribution in [2.24, 2.45) is 0 Å². The minimum absolute atomic E-state index is 0.0164. The molecule has 1 amide bonds. The van der Waals surface area contributed by atoms with Crippen LogP contribution in [-0.4, -0.2) is 48.6 Å². The molecule has 1 fully saturated rings. The van der Waals surface area contributed by atoms with Crippen molar-refractivity contribution in [3.8, 4) is 0 Å². The summed E-state index contributed by atoms with van der Waals surface area (Å²) in [4.78, 5) is 19.4. The Balaban J connectivity index is 1.29. The summed E-state index contributed by atoms with van der Waals surface area (Å²) in [6.45, 7) is 3.46. The number of hydrogen-bond donors (Lipinski definition) is 1. The first-order chi connectivity index (χ1) is 14.7. The molecule has 1 aliphatic heterocycles. The predicted octanol–water partition coefficient (Wildman–Crippen LogP) is 3.95. The van der Waals surface area contributed by atoms with Gasteiger partial charge < -0.3 is 10.1 Å². The molecule has 3 aromatic rings. The number of aromatic nitrogens is 1. The monoisotopic (exact) mass is 427 g/mol. The van der Waals surface area contributed by atoms with Crippen LogP contribution in [0.15, 0.2) is 48.5 Å². The molecule has 1 N–H and O–H groups in total. The predicted molar refractivity (Wildman–Crippen MR) is 117 cm³/mol. The van der Waals surface area contributed by atoms with Gasteiger partial charge in [-0.2, -0.15) is 0 Å². The van der Waals surface area contributed by atoms with Gasteiger partial charge in [0.05, 0.1) is 34.5 Å². The van der Waals surface area contributed by atoms with Crippen molar-refractivity contribution >= 4 is 27.5 Å². The fourth-order valence-electron chi connectivity index (χ4n) is 3.76. The fourth-order valence-corrected chi connectivity index (χ4v) is 4.77. The molecule has 0 radical (unpaired) electrons. The van der Waals surface area contributed by atoms with E-state index in [1.54, 1.807) is 23.5 Å². The maximum absolute atomic E-state index is 13.3. The SMILES string of the molecule is O=C(CCCc1nc2ccccc2s1)NC[C@H](c1ccc(F)cc1)N1CCOCC1. The molecule has 4 rings (SSSR count). The Bertz CT molecular complexity index is 937. The van der Waals surface area contributed by atoms with E-state index < -0.39 is 0 Å². The molecule has 1 aromatic heterocycles. The van der Waals surface area contributed by atoms with Gasteiger partial charge in [-0.05, 0) is 42.7 Å². The van der Waals surface area contributed by atoms with Gasteiger partial charge in [-0.15, -0.1) is 11.3 Å². The number of rotatable bonds is 8. The maximum Gasteiger partial charge on any atom is 0.220 e. The number of carbonyl (C=O) groups excluding carboxylic acids is 1. The van der Waals surface area contributed by atoms with E-state index in [9.17, 15) is 9.18 Å². The summed E-state index contributed by atoms with van der Waals surface area (Å²) in [5.74, 6) is -0.213. The highest BCUT2D eigenvalue weighted by atomic mass is 32.1. The Kier molecular flexibility index (Phi) is 7.04. The number of para-hydroxylation sites is 1. The summed E-state index contributed by atoms with van der Waals surface area (Å²) in [5.41, 5.74) is 2.03. The zero-order valence-corrected chi connectivity index (χ0v) is 17.7. The molecule has 0 aliphatic carbocycles. The summed E-state index contributed by atoms with van der Waals surface area (Å²) in [6, 6.07) is 14.7. The number of hydrogen-bond acceptors (Lipinski definition) is 5. The topological polar surface area (TPSA) is 54.5 Å². The molecule has 2 aromatic carbocycles. The van der Waals surface area contributed by atoms with Crippen molar-refractivity contribution < 1.29 is 13.9 Å². The standard InChI is InChI=1S/C23H26FN3O2S/c24-18-10-8-17(9-11-18)20(27-12-14-29-15-13-27)16-25-22(28)6-3-7-23-26-19-4-1-2-5-21(19)30-23/h1-2,4-5,8-11,20H,3,6-7,12-16H2,(H,25,28)/t20-/m1/s1. The van der Waals surface area contributed by atoms with Crippen LogP contribution in [0.3, 0.4) is 0 Å². The van der Waals surface area contributed by atoms with Gasteiger partial charge in [-0.25, -0.2) is 9.37 Å². The van der Waals surface area contributed by atoms with E-state index in [2.05, 4.69) is 21.3 Å². The van der Waals surface area contributed by atoms with Crippen molar-refractivity contribution in [1.29, 1.82) is 0 Å². The molecule has 158 valence electrons. The Morgan fingerprint density at radius 3 is 2.70 bits per heavy atom. The van der Waals surface area contributed by atoms with Gasteiger partial charge in [0.1, 0.15) is 5.82 Å². The number of thiazole rings is 1. The number of carbonyl (C=O) groups is 1. The molecule has 2 heterocycles. The number of morpholine rings is 1. The number of halogens is 1. The van der Waals surface area contributed by atoms with Crippen molar-refractivity contribution in [2.75, 3.05) is 32.8 Å². The molecule has 30 heavy (non-hydrogen) atoms. The Morgan fingerprint density at radius 1 is 1.17 bits per heavy atom. The second-order valence-corrected chi connectivity index (χ2v) is 8.56. The molecule has 0 unspecified atom stereocenters. The first-order valence-electron chi connectivity index (χ1n) is 10.4. The highest BCUT2D eigenvalue weighted by molar-refractivity contribution is 7.18. The minimum atomic E-state index is -0.252. The van der Waals surface area contributed by atoms with Crippen molar-refractivity contribution in [3.63, 3.8) is 0 Å². The summed E-state index contributed by atoms with van der Waals surface area (Å²) in [6.07, 6.45) is 2.04. The molecule has 0 bridgehead atoms. The lowest BCUT2D eigenvalue weighted by molar-refractivity contribution is -0.121. The highest BCUT2D eigenvalue weighted by Gasteiger charge is 2.23. The van der Waals surface area contributed by atoms with E-state index >= 15 is 0 Å². The molecule has 7 heteroatoms. The Hall–Kier alpha value is -2.35. The van der Waals surface area contributed by atoms with Crippen LogP contribution in [0.2, 0.25) is 0 Å². The Morgan fingerprint density at radius 2 is 1.93 bits per heavy atom. The molecule has 5 nitrogen and oxygen atoms in total. The average Bonchev–Trinajstić information content (AvgIpc) is 3.19. The van der Waals surface area contributed by atoms with Gasteiger partial charge in [-0.3, -0.25) is 9.69 Å². The average molecular weight is 428 g/mol. The largest absolute Gasteiger partial charge is 0.379 e. The van der Waals surface area contributed by atoms with Crippen LogP contribution in [0.5, 0.6) is 0 Å². The number of fused-ring (bicyclic) bond motifs is 1. The van der Waals surface area contributed by atoms with Crippen LogP contribution in [0.4, 0.5) is 4.39 Å². The number of nitrogens with zero attached hydrogens (tertiary/aromatic N) is 2. The second-order valence-electron chi connectivity index (χ2n) is 7.45. The zero-order valence-electron chi connectivity index (χ0n) is 16.9. The van der Waals surface area contributed by atoms with Crippen LogP contribution in [0, 0.1) is 5.82 Å². The maximum atomic E-state index is 13.3. The zero-order chi connectivity index (χ0) is 20.8. The third-order valence-electron chi connectivity index (χ3n) is 5.37. The van der Waals surface area contributed by atoms with E-state index in [1.807, 2.05) is 18.2 Å². The lowest BCUT2D eigenvalue weighted by Gasteiger charge is -2.35. The summed E-state index contributed by atoms with van der Waals surface area (Å²) < 4.78 is 20.0. The lowest BCUT2D eigenvalue weighted by Crippen LogP contribution is -2.43. The molecule has 0 spiro atoms. The Labute approximate surface area is 179 Å². The van der Waals surface area contributed by atoms with Gasteiger partial charge in [-0.1, -0.05) is 24.3 Å². The first kappa shape index (κ1) is 20.9. The number of aryl methyl sites for hydroxylation is 1. The van der Waals surface area contributed by atoms with Crippen molar-refractivity contribution in [2.45, 2.75) is 25.3 Å². The molecule has 1 aliphatic rings. The third kappa shape index (κ3) is 5.41. The molecular formula is C23H26FN3O2S. The van der Waals surface area contributed by atoms with Crippen LogP contribution in [0.1, 0.15) is 29.5 Å². The number of amides is 1. The van der Waals surface area contributed by atoms with Gasteiger partial charge in [0, 0.05) is 26.1 Å². The van der Waals surface area contributed by atoms with E-state index in [4.69, 9.17) is 4.74 Å². The molecule has 0 saturated carbocycles. The van der Waals surface area contributed by atoms with Gasteiger partial charge in [0.15, 0.2) is 0 Å². The van der Waals surface area contributed by atoms with Gasteiger partial charge in [0.25, 0.3) is 0 Å². The molecule has 1 saturated heterocycles. The van der Waals surface area contributed by atoms with Crippen LogP contribution < -0.4 is 5.32 Å². The summed E-state index contributed by atoms with van der Waals surface area (Å²) >= 11 is 1.69. The van der Waals surface area contributed by atoms with Gasteiger partial charge in [0.2, 0.25) is 5.91 Å². The van der Waals surface area contributed by atoms with E-state index in [0.717, 1.165) is 42.0 Å². The number of nitrogens with one attached hydrogen (secondary N) is 1. The third-order valence-corrected chi connectivity index (χ3v) is 6.46. The normalized spacial score (nSPS) is 15.9. The van der Waals surface area contributed by atoms with Crippen LogP contribution in [0.25, 0.3) is 10.2 Å². The quantitative estimate of drug-likeness (QED) is 0.592. The van der Waals surface area contributed by atoms with Crippen LogP contribution >= 0.6 is 11.3 Å². The lowest BCUT2D eigenvalue weighted by atomic mass is 10.0. The number of benzene rings is 2. The first-order valence-corrected chi connectivity index (χ1v) is 11.2. The minimum Gasteiger partial charge on any atom is -0.379 e. The van der Waals surface area contributed by atoms with E-state index in [0.29, 0.717) is 26.2 Å². The van der Waals surface area contributed by atoms with Crippen molar-refractivity contribution in [1.82, 2.24) is 15.2 Å². The summed E-state index contributed by atoms with van der Waals surface area (Å²) in [5, 5.41) is 4.14. The summed E-state index contributed by atoms with van der Waals surface area (Å²) in [7, 11) is 0. The molecule has 1 atom stereocenters. The second kappa shape index (κ2) is 10.1. The smallest absolute Gasteiger partial charge is 0.220 e. The molecular weight excluding hydrogens is 401 g/mol. The van der Waals surface area contributed by atoms with Crippen LogP contribution in [-0.2, 0) is 16.0 Å². The number of ether oxygens (including phenoxy) is 1. The van der Waals surface area contributed by atoms with Gasteiger partial charge >= 0.3 is 0 Å². The van der Waals surface area contributed by atoms with E-state index in [1.165, 1.54) is 16.8 Å². The van der Waals surface area contributed by atoms with E-state index in [-0.39, 0.29) is 17.8 Å². The fraction of sp³-hybridized carbons (Fsp3) is 0.391. The van der Waals surface area contributed by atoms with Crippen molar-refractivity contribution in [3.05, 3.63) is 64.9 Å².